The van der Waals surface area contributed by atoms with Gasteiger partial charge in [-0.05, 0) is 30.7 Å². The molecular weight excluding hydrogens is 302 g/mol. The first-order valence-electron chi connectivity index (χ1n) is 6.12. The second-order valence-electron chi connectivity index (χ2n) is 5.05. The van der Waals surface area contributed by atoms with Gasteiger partial charge in [-0.25, -0.2) is 17.9 Å². The Morgan fingerprint density at radius 3 is 2.70 bits per heavy atom. The normalized spacial score (nSPS) is 16.9. The van der Waals surface area contributed by atoms with Crippen LogP contribution in [0.1, 0.15) is 28.1 Å². The van der Waals surface area contributed by atoms with E-state index in [0.29, 0.717) is 5.56 Å². The van der Waals surface area contributed by atoms with Crippen molar-refractivity contribution in [3.05, 3.63) is 15.8 Å². The summed E-state index contributed by atoms with van der Waals surface area (Å²) >= 11 is 1.05. The zero-order valence-electron chi connectivity index (χ0n) is 11.3. The second kappa shape index (κ2) is 5.44. The molecule has 0 aromatic carbocycles. The number of aliphatic hydroxyl groups is 1. The fourth-order valence-corrected chi connectivity index (χ4v) is 4.75. The molecule has 112 valence electrons. The average molecular weight is 319 g/mol. The molecule has 2 N–H and O–H groups in total. The Morgan fingerprint density at radius 1 is 1.55 bits per heavy atom. The number of esters is 1. The first-order valence-corrected chi connectivity index (χ1v) is 8.48. The van der Waals surface area contributed by atoms with Crippen LogP contribution < -0.4 is 4.72 Å². The molecule has 0 spiro atoms. The Balaban J connectivity index is 2.25. The van der Waals surface area contributed by atoms with Gasteiger partial charge >= 0.3 is 5.97 Å². The lowest BCUT2D eigenvalue weighted by molar-refractivity contribution is 0.0602. The van der Waals surface area contributed by atoms with Crippen molar-refractivity contribution in [2.45, 2.75) is 24.7 Å². The molecule has 20 heavy (non-hydrogen) atoms. The first-order chi connectivity index (χ1) is 9.35. The van der Waals surface area contributed by atoms with Gasteiger partial charge in [0.1, 0.15) is 9.77 Å². The molecule has 1 aliphatic rings. The number of ether oxygens (including phenoxy) is 1. The van der Waals surface area contributed by atoms with E-state index in [1.165, 1.54) is 7.11 Å². The number of thiophene rings is 1. The molecule has 1 saturated carbocycles. The van der Waals surface area contributed by atoms with Crippen LogP contribution in [0.15, 0.2) is 10.3 Å². The number of aliphatic hydroxyl groups excluding tert-OH is 1. The summed E-state index contributed by atoms with van der Waals surface area (Å²) in [7, 11) is -2.57. The van der Waals surface area contributed by atoms with Crippen molar-refractivity contribution in [2.75, 3.05) is 20.3 Å². The third-order valence-electron chi connectivity index (χ3n) is 3.49. The number of nitrogens with one attached hydrogen (secondary N) is 1. The molecule has 1 heterocycles. The maximum absolute atomic E-state index is 12.4. The molecule has 0 aliphatic heterocycles. The Labute approximate surface area is 121 Å². The maximum Gasteiger partial charge on any atom is 0.349 e. The summed E-state index contributed by atoms with van der Waals surface area (Å²) in [6.45, 7) is 1.78. The summed E-state index contributed by atoms with van der Waals surface area (Å²) in [5.41, 5.74) is 0.180. The van der Waals surface area contributed by atoms with Crippen LogP contribution in [0.3, 0.4) is 0 Å². The Bertz CT molecular complexity index is 616. The number of aryl methyl sites for hydroxylation is 1. The van der Waals surface area contributed by atoms with E-state index >= 15 is 0 Å². The van der Waals surface area contributed by atoms with E-state index in [1.54, 1.807) is 12.3 Å². The van der Waals surface area contributed by atoms with Crippen LogP contribution in [0, 0.1) is 12.3 Å². The predicted octanol–water partition coefficient (Wildman–Crippen LogP) is 0.894. The van der Waals surface area contributed by atoms with Crippen molar-refractivity contribution < 1.29 is 23.1 Å². The zero-order chi connectivity index (χ0) is 15.0. The summed E-state index contributed by atoms with van der Waals surface area (Å²) < 4.78 is 31.8. The van der Waals surface area contributed by atoms with Crippen molar-refractivity contribution >= 4 is 27.3 Å². The fraction of sp³-hybridized carbons (Fsp3) is 0.583. The van der Waals surface area contributed by atoms with Gasteiger partial charge in [0.05, 0.1) is 7.11 Å². The molecule has 1 aromatic heterocycles. The van der Waals surface area contributed by atoms with E-state index < -0.39 is 16.0 Å². The highest BCUT2D eigenvalue weighted by atomic mass is 32.2. The Hall–Kier alpha value is -0.960. The molecular formula is C12H17NO5S2. The van der Waals surface area contributed by atoms with Crippen LogP contribution in [0.2, 0.25) is 0 Å². The molecule has 1 fully saturated rings. The highest BCUT2D eigenvalue weighted by molar-refractivity contribution is 7.89. The van der Waals surface area contributed by atoms with Crippen LogP contribution in [-0.2, 0) is 14.8 Å². The van der Waals surface area contributed by atoms with Crippen molar-refractivity contribution in [2.24, 2.45) is 5.41 Å². The summed E-state index contributed by atoms with van der Waals surface area (Å²) in [6, 6.07) is 0. The minimum absolute atomic E-state index is 0.0249. The van der Waals surface area contributed by atoms with Gasteiger partial charge in [0.15, 0.2) is 0 Å². The Kier molecular flexibility index (Phi) is 4.19. The summed E-state index contributed by atoms with van der Waals surface area (Å²) in [4.78, 5) is 11.7. The molecule has 1 aromatic rings. The topological polar surface area (TPSA) is 92.7 Å². The van der Waals surface area contributed by atoms with Crippen LogP contribution in [0.5, 0.6) is 0 Å². The van der Waals surface area contributed by atoms with Crippen LogP contribution in [0.25, 0.3) is 0 Å². The molecule has 1 aliphatic carbocycles. The van der Waals surface area contributed by atoms with Crippen molar-refractivity contribution in [3.63, 3.8) is 0 Å². The van der Waals surface area contributed by atoms with Gasteiger partial charge in [-0.1, -0.05) is 0 Å². The molecule has 2 rings (SSSR count). The monoisotopic (exact) mass is 319 g/mol. The standard InChI is InChI=1S/C12H17NO5S2/c1-8-5-19-9(11(15)18-2)10(8)20(16,17)13-6-12(7-14)3-4-12/h5,13-14H,3-4,6-7H2,1-2H3. The largest absolute Gasteiger partial charge is 0.465 e. The third kappa shape index (κ3) is 2.88. The molecule has 0 atom stereocenters. The number of carbonyl (C=O) groups is 1. The number of sulfonamides is 1. The smallest absolute Gasteiger partial charge is 0.349 e. The molecule has 0 saturated heterocycles. The maximum atomic E-state index is 12.4. The van der Waals surface area contributed by atoms with Gasteiger partial charge in [0.25, 0.3) is 0 Å². The van der Waals surface area contributed by atoms with Gasteiger partial charge in [-0.3, -0.25) is 0 Å². The molecule has 0 amide bonds. The lowest BCUT2D eigenvalue weighted by Crippen LogP contribution is -2.32. The van der Waals surface area contributed by atoms with Gasteiger partial charge in [0, 0.05) is 18.6 Å². The molecule has 0 radical (unpaired) electrons. The van der Waals surface area contributed by atoms with E-state index in [4.69, 9.17) is 0 Å². The summed E-state index contributed by atoms with van der Waals surface area (Å²) in [5.74, 6) is -0.660. The quantitative estimate of drug-likeness (QED) is 0.760. The minimum atomic E-state index is -3.79. The summed E-state index contributed by atoms with van der Waals surface area (Å²) in [6.07, 6.45) is 1.61. The van der Waals surface area contributed by atoms with E-state index in [0.717, 1.165) is 24.2 Å². The molecule has 6 nitrogen and oxygen atoms in total. The van der Waals surface area contributed by atoms with E-state index in [9.17, 15) is 18.3 Å². The van der Waals surface area contributed by atoms with E-state index in [-0.39, 0.29) is 28.3 Å². The number of carbonyl (C=O) groups excluding carboxylic acids is 1. The van der Waals surface area contributed by atoms with Crippen LogP contribution >= 0.6 is 11.3 Å². The second-order valence-corrected chi connectivity index (χ2v) is 7.63. The third-order valence-corrected chi connectivity index (χ3v) is 6.28. The Morgan fingerprint density at radius 2 is 2.20 bits per heavy atom. The molecule has 0 bridgehead atoms. The van der Waals surface area contributed by atoms with Crippen molar-refractivity contribution in [3.8, 4) is 0 Å². The number of hydrogen-bond acceptors (Lipinski definition) is 6. The highest BCUT2D eigenvalue weighted by Gasteiger charge is 2.43. The van der Waals surface area contributed by atoms with Crippen LogP contribution in [0.4, 0.5) is 0 Å². The fourth-order valence-electron chi connectivity index (χ4n) is 1.89. The number of hydrogen-bond donors (Lipinski definition) is 2. The van der Waals surface area contributed by atoms with Crippen LogP contribution in [-0.4, -0.2) is 39.8 Å². The van der Waals surface area contributed by atoms with E-state index in [1.807, 2.05) is 0 Å². The highest BCUT2D eigenvalue weighted by Crippen LogP contribution is 2.44. The first kappa shape index (κ1) is 15.4. The lowest BCUT2D eigenvalue weighted by atomic mass is 10.1. The predicted molar refractivity (Wildman–Crippen MR) is 74.3 cm³/mol. The molecule has 8 heteroatoms. The summed E-state index contributed by atoms with van der Waals surface area (Å²) in [5, 5.41) is 10.8. The van der Waals surface area contributed by atoms with Crippen molar-refractivity contribution in [1.82, 2.24) is 4.72 Å². The lowest BCUT2D eigenvalue weighted by Gasteiger charge is -2.13. The van der Waals surface area contributed by atoms with Gasteiger partial charge < -0.3 is 9.84 Å². The number of methoxy groups -OCH3 is 1. The zero-order valence-corrected chi connectivity index (χ0v) is 12.9. The number of rotatable bonds is 6. The van der Waals surface area contributed by atoms with Crippen molar-refractivity contribution in [1.29, 1.82) is 0 Å². The average Bonchev–Trinajstić information content (AvgIpc) is 3.11. The van der Waals surface area contributed by atoms with Gasteiger partial charge in [-0.15, -0.1) is 11.3 Å². The molecule has 0 unspecified atom stereocenters. The van der Waals surface area contributed by atoms with E-state index in [2.05, 4.69) is 9.46 Å². The van der Waals surface area contributed by atoms with Gasteiger partial charge in [-0.2, -0.15) is 0 Å². The minimum Gasteiger partial charge on any atom is -0.465 e. The SMILES string of the molecule is COC(=O)c1scc(C)c1S(=O)(=O)NCC1(CO)CC1. The van der Waals surface area contributed by atoms with Gasteiger partial charge in [0.2, 0.25) is 10.0 Å².